The molecule has 1 aliphatic heterocycles. The van der Waals surface area contributed by atoms with E-state index in [4.69, 9.17) is 0 Å². The molecule has 1 aliphatic rings. The zero-order chi connectivity index (χ0) is 19.1. The Balaban J connectivity index is 1.43. The van der Waals surface area contributed by atoms with Crippen molar-refractivity contribution in [1.29, 1.82) is 0 Å². The van der Waals surface area contributed by atoms with Crippen molar-refractivity contribution >= 4 is 17.6 Å². The predicted octanol–water partition coefficient (Wildman–Crippen LogP) is 1.94. The third kappa shape index (κ3) is 5.52. The molecule has 2 heterocycles. The van der Waals surface area contributed by atoms with Crippen LogP contribution in [-0.2, 0) is 11.3 Å². The van der Waals surface area contributed by atoms with Gasteiger partial charge in [0.25, 0.3) is 0 Å². The van der Waals surface area contributed by atoms with E-state index in [-0.39, 0.29) is 11.9 Å². The van der Waals surface area contributed by atoms with E-state index in [2.05, 4.69) is 32.7 Å². The summed E-state index contributed by atoms with van der Waals surface area (Å²) >= 11 is 0. The number of nitrogens with one attached hydrogen (secondary N) is 2. The summed E-state index contributed by atoms with van der Waals surface area (Å²) < 4.78 is 0. The maximum Gasteiger partial charge on any atom is 0.318 e. The van der Waals surface area contributed by atoms with Crippen molar-refractivity contribution in [2.24, 2.45) is 0 Å². The first kappa shape index (κ1) is 18.8. The first-order valence-electron chi connectivity index (χ1n) is 9.14. The molecular weight excluding hydrogens is 342 g/mol. The molecule has 1 saturated heterocycles. The number of urea groups is 1. The molecule has 0 aliphatic carbocycles. The van der Waals surface area contributed by atoms with Crippen molar-refractivity contribution in [2.45, 2.75) is 19.5 Å². The van der Waals surface area contributed by atoms with Crippen LogP contribution in [0.3, 0.4) is 0 Å². The molecule has 1 aromatic carbocycles. The van der Waals surface area contributed by atoms with Crippen molar-refractivity contribution in [3.8, 4) is 0 Å². The molecule has 2 aromatic rings. The van der Waals surface area contributed by atoms with Crippen molar-refractivity contribution in [3.63, 3.8) is 0 Å². The standard InChI is InChI=1S/C20H25N5O2/c1-16(19(26)23-18-8-5-9-21-14-18)22-20(27)25-12-10-24(11-13-25)15-17-6-3-2-4-7-17/h2-9,14,16H,10-13,15H2,1H3,(H,22,27)(H,23,26). The summed E-state index contributed by atoms with van der Waals surface area (Å²) in [6.45, 7) is 5.50. The van der Waals surface area contributed by atoms with Gasteiger partial charge in [-0.25, -0.2) is 4.79 Å². The quantitative estimate of drug-likeness (QED) is 0.847. The number of hydrogen-bond acceptors (Lipinski definition) is 4. The lowest BCUT2D eigenvalue weighted by molar-refractivity contribution is -0.117. The van der Waals surface area contributed by atoms with Gasteiger partial charge in [-0.15, -0.1) is 0 Å². The van der Waals surface area contributed by atoms with Crippen LogP contribution in [0.15, 0.2) is 54.9 Å². The van der Waals surface area contributed by atoms with E-state index in [0.717, 1.165) is 19.6 Å². The molecule has 2 N–H and O–H groups in total. The van der Waals surface area contributed by atoms with Gasteiger partial charge in [0.2, 0.25) is 5.91 Å². The molecule has 3 rings (SSSR count). The Morgan fingerprint density at radius 3 is 2.48 bits per heavy atom. The fraction of sp³-hybridized carbons (Fsp3) is 0.350. The zero-order valence-electron chi connectivity index (χ0n) is 15.5. The minimum Gasteiger partial charge on any atom is -0.326 e. The molecule has 0 radical (unpaired) electrons. The number of piperazine rings is 1. The molecule has 7 heteroatoms. The van der Waals surface area contributed by atoms with Gasteiger partial charge in [0.15, 0.2) is 0 Å². The lowest BCUT2D eigenvalue weighted by Gasteiger charge is -2.35. The summed E-state index contributed by atoms with van der Waals surface area (Å²) in [6.07, 6.45) is 3.21. The number of nitrogens with zero attached hydrogens (tertiary/aromatic N) is 3. The highest BCUT2D eigenvalue weighted by Gasteiger charge is 2.24. The Hall–Kier alpha value is -2.93. The fourth-order valence-corrected chi connectivity index (χ4v) is 2.98. The van der Waals surface area contributed by atoms with Crippen molar-refractivity contribution in [2.75, 3.05) is 31.5 Å². The lowest BCUT2D eigenvalue weighted by atomic mass is 10.2. The van der Waals surface area contributed by atoms with Crippen LogP contribution >= 0.6 is 0 Å². The average molecular weight is 367 g/mol. The second-order valence-electron chi connectivity index (χ2n) is 6.65. The minimum absolute atomic E-state index is 0.205. The maximum absolute atomic E-state index is 12.4. The number of carbonyl (C=O) groups excluding carboxylic acids is 2. The van der Waals surface area contributed by atoms with Gasteiger partial charge < -0.3 is 15.5 Å². The third-order valence-electron chi connectivity index (χ3n) is 4.57. The molecule has 27 heavy (non-hydrogen) atoms. The molecule has 1 unspecified atom stereocenters. The highest BCUT2D eigenvalue weighted by molar-refractivity contribution is 5.96. The van der Waals surface area contributed by atoms with Crippen LogP contribution < -0.4 is 10.6 Å². The number of carbonyl (C=O) groups is 2. The van der Waals surface area contributed by atoms with Crippen LogP contribution in [0.2, 0.25) is 0 Å². The van der Waals surface area contributed by atoms with E-state index < -0.39 is 6.04 Å². The largest absolute Gasteiger partial charge is 0.326 e. The Kier molecular flexibility index (Phi) is 6.38. The molecule has 3 amide bonds. The summed E-state index contributed by atoms with van der Waals surface area (Å²) in [5.41, 5.74) is 1.88. The molecule has 0 bridgehead atoms. The Morgan fingerprint density at radius 2 is 1.81 bits per heavy atom. The van der Waals surface area contributed by atoms with Crippen molar-refractivity contribution in [1.82, 2.24) is 20.1 Å². The van der Waals surface area contributed by atoms with Crippen LogP contribution in [0.4, 0.5) is 10.5 Å². The Labute approximate surface area is 159 Å². The van der Waals surface area contributed by atoms with Crippen molar-refractivity contribution < 1.29 is 9.59 Å². The number of rotatable bonds is 5. The third-order valence-corrected chi connectivity index (χ3v) is 4.57. The number of benzene rings is 1. The van der Waals surface area contributed by atoms with Gasteiger partial charge in [-0.05, 0) is 24.6 Å². The van der Waals surface area contributed by atoms with Crippen LogP contribution in [0, 0.1) is 0 Å². The molecule has 1 atom stereocenters. The SMILES string of the molecule is CC(NC(=O)N1CCN(Cc2ccccc2)CC1)C(=O)Nc1cccnc1. The van der Waals surface area contributed by atoms with Gasteiger partial charge in [0.1, 0.15) is 6.04 Å². The number of hydrogen-bond donors (Lipinski definition) is 2. The Morgan fingerprint density at radius 1 is 1.07 bits per heavy atom. The van der Waals surface area contributed by atoms with E-state index in [1.165, 1.54) is 5.56 Å². The van der Waals surface area contributed by atoms with Crippen LogP contribution in [0.5, 0.6) is 0 Å². The van der Waals surface area contributed by atoms with Crippen LogP contribution in [-0.4, -0.2) is 58.9 Å². The van der Waals surface area contributed by atoms with E-state index in [9.17, 15) is 9.59 Å². The molecule has 142 valence electrons. The normalized spacial score (nSPS) is 15.8. The van der Waals surface area contributed by atoms with Gasteiger partial charge in [-0.2, -0.15) is 0 Å². The first-order chi connectivity index (χ1) is 13.1. The first-order valence-corrected chi connectivity index (χ1v) is 9.14. The fourth-order valence-electron chi connectivity index (χ4n) is 2.98. The zero-order valence-corrected chi connectivity index (χ0v) is 15.5. The monoisotopic (exact) mass is 367 g/mol. The summed E-state index contributed by atoms with van der Waals surface area (Å²) in [5, 5.41) is 5.51. The number of anilines is 1. The number of aromatic nitrogens is 1. The topological polar surface area (TPSA) is 77.6 Å². The summed E-state index contributed by atoms with van der Waals surface area (Å²) in [5.74, 6) is -0.265. The van der Waals surface area contributed by atoms with Crippen molar-refractivity contribution in [3.05, 3.63) is 60.4 Å². The van der Waals surface area contributed by atoms with Gasteiger partial charge in [0, 0.05) is 38.9 Å². The van der Waals surface area contributed by atoms with E-state index in [0.29, 0.717) is 18.8 Å². The molecule has 0 spiro atoms. The summed E-state index contributed by atoms with van der Waals surface area (Å²) in [7, 11) is 0. The molecular formula is C20H25N5O2. The molecule has 7 nitrogen and oxygen atoms in total. The number of pyridine rings is 1. The maximum atomic E-state index is 12.4. The second kappa shape index (κ2) is 9.14. The van der Waals surface area contributed by atoms with Gasteiger partial charge in [0.05, 0.1) is 11.9 Å². The summed E-state index contributed by atoms with van der Waals surface area (Å²) in [4.78, 5) is 32.7. The van der Waals surface area contributed by atoms with E-state index in [1.54, 1.807) is 36.4 Å². The average Bonchev–Trinajstić information content (AvgIpc) is 2.70. The number of amides is 3. The lowest BCUT2D eigenvalue weighted by Crippen LogP contribution is -2.54. The van der Waals surface area contributed by atoms with E-state index >= 15 is 0 Å². The van der Waals surface area contributed by atoms with Gasteiger partial charge in [-0.3, -0.25) is 14.7 Å². The van der Waals surface area contributed by atoms with E-state index in [1.807, 2.05) is 18.2 Å². The van der Waals surface area contributed by atoms with Crippen LogP contribution in [0.25, 0.3) is 0 Å². The van der Waals surface area contributed by atoms with Gasteiger partial charge in [-0.1, -0.05) is 30.3 Å². The van der Waals surface area contributed by atoms with Gasteiger partial charge >= 0.3 is 6.03 Å². The minimum atomic E-state index is -0.625. The summed E-state index contributed by atoms with van der Waals surface area (Å²) in [6, 6.07) is 13.0. The molecule has 0 saturated carbocycles. The smallest absolute Gasteiger partial charge is 0.318 e. The highest BCUT2D eigenvalue weighted by atomic mass is 16.2. The molecule has 1 aromatic heterocycles. The highest BCUT2D eigenvalue weighted by Crippen LogP contribution is 2.09. The van der Waals surface area contributed by atoms with Crippen LogP contribution in [0.1, 0.15) is 12.5 Å². The second-order valence-corrected chi connectivity index (χ2v) is 6.65. The predicted molar refractivity (Wildman–Crippen MR) is 104 cm³/mol. The Bertz CT molecular complexity index is 745. The molecule has 1 fully saturated rings.